The predicted octanol–water partition coefficient (Wildman–Crippen LogP) is -0.754. The van der Waals surface area contributed by atoms with Gasteiger partial charge in [-0.25, -0.2) is 4.79 Å². The van der Waals surface area contributed by atoms with E-state index in [4.69, 9.17) is 0 Å². The van der Waals surface area contributed by atoms with Crippen molar-refractivity contribution in [1.29, 1.82) is 0 Å². The van der Waals surface area contributed by atoms with Crippen LogP contribution >= 0.6 is 0 Å². The van der Waals surface area contributed by atoms with Crippen molar-refractivity contribution in [3.63, 3.8) is 0 Å². The standard InChI is InChI=1S/C7H11N3O2/c1-4(11)10-5-2-3-8-6(5)9-7(10)12/h5-6,8H,2-3H2,1H3,(H,9,12). The van der Waals surface area contributed by atoms with E-state index in [0.717, 1.165) is 13.0 Å². The van der Waals surface area contributed by atoms with Crippen LogP contribution in [-0.2, 0) is 4.79 Å². The fourth-order valence-electron chi connectivity index (χ4n) is 1.84. The van der Waals surface area contributed by atoms with Gasteiger partial charge in [0.1, 0.15) is 6.17 Å². The average Bonchev–Trinajstić information content (AvgIpc) is 2.44. The molecule has 0 aliphatic carbocycles. The second-order valence-electron chi connectivity index (χ2n) is 3.13. The summed E-state index contributed by atoms with van der Waals surface area (Å²) >= 11 is 0. The molecule has 2 aliphatic rings. The lowest BCUT2D eigenvalue weighted by atomic mass is 10.2. The fraction of sp³-hybridized carbons (Fsp3) is 0.714. The summed E-state index contributed by atoms with van der Waals surface area (Å²) in [7, 11) is 0. The molecule has 0 bridgehead atoms. The lowest BCUT2D eigenvalue weighted by Gasteiger charge is -2.16. The van der Waals surface area contributed by atoms with Crippen LogP contribution in [0.4, 0.5) is 4.79 Å². The summed E-state index contributed by atoms with van der Waals surface area (Å²) in [5, 5.41) is 5.81. The maximum Gasteiger partial charge on any atom is 0.325 e. The van der Waals surface area contributed by atoms with Crippen LogP contribution in [0, 0.1) is 0 Å². The molecule has 2 fully saturated rings. The van der Waals surface area contributed by atoms with Gasteiger partial charge in [-0.05, 0) is 13.0 Å². The Balaban J connectivity index is 2.21. The summed E-state index contributed by atoms with van der Waals surface area (Å²) in [4.78, 5) is 23.5. The van der Waals surface area contributed by atoms with Gasteiger partial charge in [0, 0.05) is 6.92 Å². The van der Waals surface area contributed by atoms with E-state index < -0.39 is 0 Å². The second kappa shape index (κ2) is 2.45. The quantitative estimate of drug-likeness (QED) is 0.501. The van der Waals surface area contributed by atoms with Crippen molar-refractivity contribution >= 4 is 11.9 Å². The molecule has 2 rings (SSSR count). The van der Waals surface area contributed by atoms with Gasteiger partial charge >= 0.3 is 6.03 Å². The van der Waals surface area contributed by atoms with E-state index in [9.17, 15) is 9.59 Å². The highest BCUT2D eigenvalue weighted by Crippen LogP contribution is 2.19. The lowest BCUT2D eigenvalue weighted by Crippen LogP contribution is -2.38. The Labute approximate surface area is 70.1 Å². The predicted molar refractivity (Wildman–Crippen MR) is 41.2 cm³/mol. The largest absolute Gasteiger partial charge is 0.325 e. The Morgan fingerprint density at radius 1 is 1.67 bits per heavy atom. The van der Waals surface area contributed by atoms with Gasteiger partial charge in [-0.3, -0.25) is 15.0 Å². The Morgan fingerprint density at radius 3 is 3.08 bits per heavy atom. The van der Waals surface area contributed by atoms with Gasteiger partial charge in [0.05, 0.1) is 6.04 Å². The van der Waals surface area contributed by atoms with E-state index in [1.165, 1.54) is 11.8 Å². The molecule has 0 spiro atoms. The van der Waals surface area contributed by atoms with E-state index in [1.807, 2.05) is 0 Å². The summed E-state index contributed by atoms with van der Waals surface area (Å²) in [5.74, 6) is -0.177. The van der Waals surface area contributed by atoms with Gasteiger partial charge in [0.25, 0.3) is 0 Å². The molecule has 5 heteroatoms. The van der Waals surface area contributed by atoms with Crippen LogP contribution in [0.25, 0.3) is 0 Å². The van der Waals surface area contributed by atoms with Crippen molar-refractivity contribution in [3.05, 3.63) is 0 Å². The first-order valence-electron chi connectivity index (χ1n) is 4.04. The highest BCUT2D eigenvalue weighted by molar-refractivity contribution is 5.95. The van der Waals surface area contributed by atoms with Crippen molar-refractivity contribution in [2.75, 3.05) is 6.54 Å². The van der Waals surface area contributed by atoms with Crippen molar-refractivity contribution in [1.82, 2.24) is 15.5 Å². The molecule has 0 radical (unpaired) electrons. The number of nitrogens with zero attached hydrogens (tertiary/aromatic N) is 1. The maximum atomic E-state index is 11.2. The van der Waals surface area contributed by atoms with Crippen LogP contribution < -0.4 is 10.6 Å². The molecule has 2 heterocycles. The molecule has 66 valence electrons. The number of hydrogen-bond acceptors (Lipinski definition) is 3. The first-order chi connectivity index (χ1) is 5.70. The Kier molecular flexibility index (Phi) is 1.54. The number of urea groups is 1. The number of imide groups is 1. The number of hydrogen-bond donors (Lipinski definition) is 2. The van der Waals surface area contributed by atoms with E-state index in [2.05, 4.69) is 10.6 Å². The van der Waals surface area contributed by atoms with Crippen LogP contribution in [0.3, 0.4) is 0 Å². The number of carbonyl (C=O) groups excluding carboxylic acids is 2. The van der Waals surface area contributed by atoms with E-state index in [0.29, 0.717) is 0 Å². The molecule has 5 nitrogen and oxygen atoms in total. The summed E-state index contributed by atoms with van der Waals surface area (Å²) in [6, 6.07) is -0.250. The van der Waals surface area contributed by atoms with E-state index in [-0.39, 0.29) is 24.1 Å². The summed E-state index contributed by atoms with van der Waals surface area (Å²) < 4.78 is 0. The number of fused-ring (bicyclic) bond motifs is 1. The van der Waals surface area contributed by atoms with Crippen LogP contribution in [0.5, 0.6) is 0 Å². The molecule has 0 saturated carbocycles. The van der Waals surface area contributed by atoms with E-state index in [1.54, 1.807) is 0 Å². The van der Waals surface area contributed by atoms with Crippen LogP contribution in [-0.4, -0.2) is 35.6 Å². The summed E-state index contributed by atoms with van der Waals surface area (Å²) in [6.07, 6.45) is 0.824. The first-order valence-corrected chi connectivity index (χ1v) is 4.04. The molecule has 2 aliphatic heterocycles. The molecule has 12 heavy (non-hydrogen) atoms. The monoisotopic (exact) mass is 169 g/mol. The molecular weight excluding hydrogens is 158 g/mol. The zero-order chi connectivity index (χ0) is 8.72. The van der Waals surface area contributed by atoms with Crippen LogP contribution in [0.15, 0.2) is 0 Å². The molecule has 0 aromatic rings. The minimum absolute atomic E-state index is 0.0231. The first kappa shape index (κ1) is 7.54. The number of amides is 3. The van der Waals surface area contributed by atoms with Gasteiger partial charge in [-0.15, -0.1) is 0 Å². The molecule has 2 saturated heterocycles. The normalized spacial score (nSPS) is 33.4. The molecular formula is C7H11N3O2. The molecule has 0 aromatic heterocycles. The second-order valence-corrected chi connectivity index (χ2v) is 3.13. The molecule has 3 amide bonds. The van der Waals surface area contributed by atoms with Gasteiger partial charge < -0.3 is 5.32 Å². The molecule has 2 N–H and O–H groups in total. The summed E-state index contributed by atoms with van der Waals surface area (Å²) in [6.45, 7) is 2.28. The fourth-order valence-corrected chi connectivity index (χ4v) is 1.84. The topological polar surface area (TPSA) is 61.4 Å². The molecule has 2 unspecified atom stereocenters. The lowest BCUT2D eigenvalue weighted by molar-refractivity contribution is -0.126. The highest BCUT2D eigenvalue weighted by Gasteiger charge is 2.43. The van der Waals surface area contributed by atoms with Crippen molar-refractivity contribution in [2.45, 2.75) is 25.6 Å². The van der Waals surface area contributed by atoms with Gasteiger partial charge in [0.15, 0.2) is 0 Å². The van der Waals surface area contributed by atoms with Crippen molar-refractivity contribution in [3.8, 4) is 0 Å². The maximum absolute atomic E-state index is 11.2. The minimum Gasteiger partial charge on any atom is -0.320 e. The number of rotatable bonds is 0. The zero-order valence-corrected chi connectivity index (χ0v) is 6.83. The van der Waals surface area contributed by atoms with Gasteiger partial charge in [0.2, 0.25) is 5.91 Å². The zero-order valence-electron chi connectivity index (χ0n) is 6.83. The van der Waals surface area contributed by atoms with Gasteiger partial charge in [-0.2, -0.15) is 0 Å². The van der Waals surface area contributed by atoms with Crippen LogP contribution in [0.2, 0.25) is 0 Å². The SMILES string of the molecule is CC(=O)N1C(=O)NC2NCCC21. The Morgan fingerprint density at radius 2 is 2.42 bits per heavy atom. The highest BCUT2D eigenvalue weighted by atomic mass is 16.2. The number of carbonyl (C=O) groups is 2. The van der Waals surface area contributed by atoms with E-state index >= 15 is 0 Å². The van der Waals surface area contributed by atoms with Crippen molar-refractivity contribution in [2.24, 2.45) is 0 Å². The third-order valence-electron chi connectivity index (χ3n) is 2.36. The average molecular weight is 169 g/mol. The molecule has 2 atom stereocenters. The third-order valence-corrected chi connectivity index (χ3v) is 2.36. The minimum atomic E-state index is -0.273. The summed E-state index contributed by atoms with van der Waals surface area (Å²) in [5.41, 5.74) is 0. The van der Waals surface area contributed by atoms with Crippen molar-refractivity contribution < 1.29 is 9.59 Å². The Hall–Kier alpha value is -1.10. The third kappa shape index (κ3) is 0.896. The van der Waals surface area contributed by atoms with Gasteiger partial charge in [-0.1, -0.05) is 0 Å². The molecule has 0 aromatic carbocycles. The Bertz CT molecular complexity index is 241. The van der Waals surface area contributed by atoms with Crippen LogP contribution in [0.1, 0.15) is 13.3 Å². The number of nitrogens with one attached hydrogen (secondary N) is 2. The smallest absolute Gasteiger partial charge is 0.320 e.